The molecular weight excluding hydrogens is 556 g/mol. The van der Waals surface area contributed by atoms with Gasteiger partial charge in [0.1, 0.15) is 5.54 Å². The molecule has 1 aliphatic rings. The lowest BCUT2D eigenvalue weighted by molar-refractivity contribution is -0.134. The smallest absolute Gasteiger partial charge is 0.297 e. The lowest BCUT2D eigenvalue weighted by Crippen LogP contribution is -2.51. The van der Waals surface area contributed by atoms with E-state index in [1.165, 1.54) is 135 Å². The molecule has 1 saturated heterocycles. The first-order valence-electron chi connectivity index (χ1n) is 19.8. The fraction of sp³-hybridized carbons (Fsp3) is 0.949. The molecule has 0 spiro atoms. The molecule has 3 amide bonds. The summed E-state index contributed by atoms with van der Waals surface area (Å²) in [6.45, 7) is 11.7. The number of urea groups is 1. The highest BCUT2D eigenvalue weighted by atomic mass is 16.2. The van der Waals surface area contributed by atoms with Gasteiger partial charge in [-0.25, -0.2) is 9.69 Å². The van der Waals surface area contributed by atoms with Crippen molar-refractivity contribution < 1.29 is 9.59 Å². The van der Waals surface area contributed by atoms with Crippen LogP contribution in [0, 0.1) is 0 Å². The van der Waals surface area contributed by atoms with Crippen LogP contribution in [0.15, 0.2) is 0 Å². The van der Waals surface area contributed by atoms with Crippen molar-refractivity contribution in [2.75, 3.05) is 40.5 Å². The molecule has 0 saturated carbocycles. The zero-order valence-electron chi connectivity index (χ0n) is 31.3. The van der Waals surface area contributed by atoms with E-state index in [9.17, 15) is 9.59 Å². The molecule has 1 aliphatic heterocycles. The van der Waals surface area contributed by atoms with Crippen LogP contribution in [0.25, 0.3) is 0 Å². The van der Waals surface area contributed by atoms with Crippen LogP contribution >= 0.6 is 0 Å². The van der Waals surface area contributed by atoms with E-state index >= 15 is 0 Å². The molecule has 0 aromatic carbocycles. The van der Waals surface area contributed by atoms with Gasteiger partial charge in [-0.05, 0) is 53.4 Å². The van der Waals surface area contributed by atoms with E-state index in [0.29, 0.717) is 13.3 Å². The minimum atomic E-state index is -0.745. The number of unbranched alkanes of at least 4 members (excludes halogenated alkanes) is 22. The summed E-state index contributed by atoms with van der Waals surface area (Å²) in [5.74, 6) is 0.00955. The van der Waals surface area contributed by atoms with Crippen molar-refractivity contribution in [2.24, 2.45) is 0 Å². The Hall–Kier alpha value is -1.14. The SMILES string of the molecule is CCCCCCCCCCCC1(C)C(=O)N(CN(C)CCCCCCCCCC)C(=O)N1CN(C)CCCCCCCCCC. The molecule has 1 unspecified atom stereocenters. The van der Waals surface area contributed by atoms with E-state index in [-0.39, 0.29) is 11.9 Å². The van der Waals surface area contributed by atoms with Gasteiger partial charge in [-0.1, -0.05) is 168 Å². The van der Waals surface area contributed by atoms with Crippen LogP contribution < -0.4 is 0 Å². The number of hydrogen-bond donors (Lipinski definition) is 0. The quantitative estimate of drug-likeness (QED) is 0.0545. The zero-order valence-corrected chi connectivity index (χ0v) is 31.3. The van der Waals surface area contributed by atoms with E-state index in [2.05, 4.69) is 44.7 Å². The number of rotatable bonds is 32. The number of carbonyl (C=O) groups is 2. The molecule has 1 atom stereocenters. The minimum Gasteiger partial charge on any atom is -0.297 e. The summed E-state index contributed by atoms with van der Waals surface area (Å²) in [6.07, 6.45) is 32.8. The fourth-order valence-electron chi connectivity index (χ4n) is 6.87. The second-order valence-corrected chi connectivity index (χ2v) is 14.7. The third kappa shape index (κ3) is 18.1. The van der Waals surface area contributed by atoms with Crippen molar-refractivity contribution >= 4 is 11.9 Å². The Morgan fingerprint density at radius 1 is 0.489 bits per heavy atom. The molecule has 1 rings (SSSR count). The van der Waals surface area contributed by atoms with Crippen LogP contribution in [-0.2, 0) is 4.79 Å². The summed E-state index contributed by atoms with van der Waals surface area (Å²) in [4.78, 5) is 35.7. The molecule has 6 nitrogen and oxygen atoms in total. The Balaban J connectivity index is 2.64. The molecule has 0 N–H and O–H groups in total. The molecule has 1 heterocycles. The maximum Gasteiger partial charge on any atom is 0.329 e. The van der Waals surface area contributed by atoms with E-state index in [0.717, 1.165) is 45.2 Å². The second kappa shape index (κ2) is 26.9. The van der Waals surface area contributed by atoms with Crippen molar-refractivity contribution in [1.29, 1.82) is 0 Å². The molecule has 266 valence electrons. The number of imide groups is 1. The third-order valence-corrected chi connectivity index (χ3v) is 10.1. The summed E-state index contributed by atoms with van der Waals surface area (Å²) in [5.41, 5.74) is -0.745. The average molecular weight is 635 g/mol. The predicted octanol–water partition coefficient (Wildman–Crippen LogP) is 11.0. The maximum atomic E-state index is 14.0. The van der Waals surface area contributed by atoms with Crippen LogP contribution in [0.2, 0.25) is 0 Å². The molecule has 0 aromatic rings. The Morgan fingerprint density at radius 2 is 0.822 bits per heavy atom. The highest BCUT2D eigenvalue weighted by Gasteiger charge is 2.53. The monoisotopic (exact) mass is 635 g/mol. The van der Waals surface area contributed by atoms with Crippen LogP contribution in [0.4, 0.5) is 4.79 Å². The first-order chi connectivity index (χ1) is 21.8. The van der Waals surface area contributed by atoms with Gasteiger partial charge in [-0.15, -0.1) is 0 Å². The van der Waals surface area contributed by atoms with Gasteiger partial charge < -0.3 is 0 Å². The Kier molecular flexibility index (Phi) is 25.0. The summed E-state index contributed by atoms with van der Waals surface area (Å²) in [7, 11) is 4.19. The fourth-order valence-corrected chi connectivity index (χ4v) is 6.87. The Labute approximate surface area is 281 Å². The highest BCUT2D eigenvalue weighted by Crippen LogP contribution is 2.33. The summed E-state index contributed by atoms with van der Waals surface area (Å²) < 4.78 is 0. The highest BCUT2D eigenvalue weighted by molar-refractivity contribution is 6.06. The first kappa shape index (κ1) is 41.9. The molecule has 0 aliphatic carbocycles. The third-order valence-electron chi connectivity index (χ3n) is 10.1. The van der Waals surface area contributed by atoms with Gasteiger partial charge in [0.25, 0.3) is 5.91 Å². The van der Waals surface area contributed by atoms with Crippen LogP contribution in [-0.4, -0.2) is 77.6 Å². The van der Waals surface area contributed by atoms with Gasteiger partial charge in [-0.2, -0.15) is 0 Å². The summed E-state index contributed by atoms with van der Waals surface area (Å²) in [5, 5.41) is 0. The molecule has 6 heteroatoms. The van der Waals surface area contributed by atoms with Crippen LogP contribution in [0.5, 0.6) is 0 Å². The van der Waals surface area contributed by atoms with Crippen LogP contribution in [0.3, 0.4) is 0 Å². The maximum absolute atomic E-state index is 14.0. The molecule has 0 bridgehead atoms. The van der Waals surface area contributed by atoms with Gasteiger partial charge >= 0.3 is 6.03 Å². The standard InChI is InChI=1S/C39H78N4O2/c1-7-10-13-16-19-22-23-26-29-32-39(4)37(44)42(35-40(5)33-30-27-24-20-17-14-11-8-2)38(45)43(39)36-41(6)34-31-28-25-21-18-15-12-9-3/h7-36H2,1-6H3. The van der Waals surface area contributed by atoms with E-state index in [4.69, 9.17) is 0 Å². The van der Waals surface area contributed by atoms with Gasteiger partial charge in [0.2, 0.25) is 0 Å². The zero-order chi connectivity index (χ0) is 33.2. The largest absolute Gasteiger partial charge is 0.329 e. The minimum absolute atomic E-state index is 0.00955. The Morgan fingerprint density at radius 3 is 1.22 bits per heavy atom. The normalized spacial score (nSPS) is 17.2. The number of amides is 3. The van der Waals surface area contributed by atoms with E-state index < -0.39 is 5.54 Å². The molecule has 0 radical (unpaired) electrons. The first-order valence-corrected chi connectivity index (χ1v) is 19.8. The van der Waals surface area contributed by atoms with Crippen molar-refractivity contribution in [1.82, 2.24) is 19.6 Å². The number of nitrogens with zero attached hydrogens (tertiary/aromatic N) is 4. The van der Waals surface area contributed by atoms with E-state index in [1.807, 2.05) is 11.8 Å². The van der Waals surface area contributed by atoms with Gasteiger partial charge in [-0.3, -0.25) is 19.5 Å². The molecule has 1 fully saturated rings. The molecular formula is C39H78N4O2. The second-order valence-electron chi connectivity index (χ2n) is 14.7. The van der Waals surface area contributed by atoms with Crippen molar-refractivity contribution in [3.8, 4) is 0 Å². The molecule has 45 heavy (non-hydrogen) atoms. The van der Waals surface area contributed by atoms with Gasteiger partial charge in [0.15, 0.2) is 0 Å². The van der Waals surface area contributed by atoms with Crippen molar-refractivity contribution in [2.45, 2.75) is 200 Å². The number of hydrogen-bond acceptors (Lipinski definition) is 4. The van der Waals surface area contributed by atoms with E-state index in [1.54, 1.807) is 4.90 Å². The Bertz CT molecular complexity index is 732. The van der Waals surface area contributed by atoms with Crippen LogP contribution in [0.1, 0.15) is 195 Å². The van der Waals surface area contributed by atoms with Crippen molar-refractivity contribution in [3.63, 3.8) is 0 Å². The average Bonchev–Trinajstić information content (AvgIpc) is 3.19. The lowest BCUT2D eigenvalue weighted by Gasteiger charge is -2.34. The predicted molar refractivity (Wildman–Crippen MR) is 195 cm³/mol. The van der Waals surface area contributed by atoms with Crippen molar-refractivity contribution in [3.05, 3.63) is 0 Å². The lowest BCUT2D eigenvalue weighted by atomic mass is 9.92. The topological polar surface area (TPSA) is 47.1 Å². The van der Waals surface area contributed by atoms with Gasteiger partial charge in [0.05, 0.1) is 13.3 Å². The summed E-state index contributed by atoms with van der Waals surface area (Å²) in [6, 6.07) is -0.0935. The molecule has 0 aromatic heterocycles. The summed E-state index contributed by atoms with van der Waals surface area (Å²) >= 11 is 0. The number of carbonyl (C=O) groups excluding carboxylic acids is 2. The van der Waals surface area contributed by atoms with Gasteiger partial charge in [0, 0.05) is 0 Å².